The lowest BCUT2D eigenvalue weighted by Gasteiger charge is -2.22. The molecule has 1 aliphatic carbocycles. The molecule has 0 radical (unpaired) electrons. The molecule has 3 atom stereocenters. The summed E-state index contributed by atoms with van der Waals surface area (Å²) in [6.45, 7) is 2.43. The van der Waals surface area contributed by atoms with Crippen molar-refractivity contribution in [1.29, 1.82) is 0 Å². The van der Waals surface area contributed by atoms with Gasteiger partial charge in [-0.1, -0.05) is 18.2 Å². The first-order valence-electron chi connectivity index (χ1n) is 9.57. The van der Waals surface area contributed by atoms with E-state index in [0.717, 1.165) is 57.4 Å². The Kier molecular flexibility index (Phi) is 4.50. The van der Waals surface area contributed by atoms with Crippen LogP contribution in [0.5, 0.6) is 0 Å². The van der Waals surface area contributed by atoms with Gasteiger partial charge in [0.05, 0.1) is 0 Å². The topological polar surface area (TPSA) is 66.6 Å². The zero-order valence-corrected chi connectivity index (χ0v) is 14.7. The van der Waals surface area contributed by atoms with Crippen LogP contribution in [-0.4, -0.2) is 42.4 Å². The fourth-order valence-electron chi connectivity index (χ4n) is 4.66. The summed E-state index contributed by atoms with van der Waals surface area (Å²) in [5, 5.41) is 0. The Labute approximate surface area is 149 Å². The highest BCUT2D eigenvalue weighted by molar-refractivity contribution is 5.97. The monoisotopic (exact) mass is 341 g/mol. The molecule has 2 amide bonds. The summed E-state index contributed by atoms with van der Waals surface area (Å²) in [6.07, 6.45) is 5.26. The van der Waals surface area contributed by atoms with E-state index in [1.807, 2.05) is 21.9 Å². The Bertz CT molecular complexity index is 675. The zero-order chi connectivity index (χ0) is 17.4. The minimum absolute atomic E-state index is 0.0713. The second-order valence-electron chi connectivity index (χ2n) is 7.75. The molecular formula is C20H27N3O2. The van der Waals surface area contributed by atoms with Crippen LogP contribution in [-0.2, 0) is 9.59 Å². The number of amides is 2. The summed E-state index contributed by atoms with van der Waals surface area (Å²) in [7, 11) is 0. The van der Waals surface area contributed by atoms with Gasteiger partial charge in [-0.15, -0.1) is 0 Å². The van der Waals surface area contributed by atoms with Gasteiger partial charge in [0, 0.05) is 49.6 Å². The van der Waals surface area contributed by atoms with Crippen molar-refractivity contribution in [2.75, 3.05) is 24.5 Å². The normalized spacial score (nSPS) is 28.7. The third kappa shape index (κ3) is 3.17. The highest BCUT2D eigenvalue weighted by Crippen LogP contribution is 2.40. The van der Waals surface area contributed by atoms with E-state index in [4.69, 9.17) is 5.73 Å². The summed E-state index contributed by atoms with van der Waals surface area (Å²) in [5.74, 6) is 0.907. The third-order valence-corrected chi connectivity index (χ3v) is 6.08. The molecule has 0 bridgehead atoms. The fraction of sp³-hybridized carbons (Fsp3) is 0.600. The van der Waals surface area contributed by atoms with E-state index in [1.165, 1.54) is 5.56 Å². The van der Waals surface area contributed by atoms with Gasteiger partial charge in [0.25, 0.3) is 0 Å². The van der Waals surface area contributed by atoms with Crippen LogP contribution in [0.4, 0.5) is 5.69 Å². The van der Waals surface area contributed by atoms with Crippen LogP contribution in [0.15, 0.2) is 24.3 Å². The minimum atomic E-state index is 0.0713. The van der Waals surface area contributed by atoms with Crippen molar-refractivity contribution in [3.8, 4) is 0 Å². The summed E-state index contributed by atoms with van der Waals surface area (Å²) < 4.78 is 0. The highest BCUT2D eigenvalue weighted by atomic mass is 16.2. The van der Waals surface area contributed by atoms with Gasteiger partial charge >= 0.3 is 0 Å². The molecule has 0 spiro atoms. The molecule has 2 heterocycles. The molecule has 5 heteroatoms. The van der Waals surface area contributed by atoms with Gasteiger partial charge in [-0.3, -0.25) is 9.59 Å². The molecule has 1 aromatic rings. The molecule has 25 heavy (non-hydrogen) atoms. The average Bonchev–Trinajstić information content (AvgIpc) is 3.31. The van der Waals surface area contributed by atoms with Gasteiger partial charge in [-0.2, -0.15) is 0 Å². The fourth-order valence-corrected chi connectivity index (χ4v) is 4.66. The minimum Gasteiger partial charge on any atom is -0.343 e. The number of benzene rings is 1. The molecular weight excluding hydrogens is 314 g/mol. The van der Waals surface area contributed by atoms with E-state index >= 15 is 0 Å². The van der Waals surface area contributed by atoms with Crippen molar-refractivity contribution in [3.63, 3.8) is 0 Å². The number of nitrogens with zero attached hydrogens (tertiary/aromatic N) is 2. The number of nitrogens with two attached hydrogens (primary N) is 1. The third-order valence-electron chi connectivity index (χ3n) is 6.08. The molecule has 3 aliphatic rings. The van der Waals surface area contributed by atoms with Gasteiger partial charge < -0.3 is 15.5 Å². The Morgan fingerprint density at radius 3 is 2.80 bits per heavy atom. The number of anilines is 1. The number of para-hydroxylation sites is 1. The molecule has 2 N–H and O–H groups in total. The molecule has 0 unspecified atom stereocenters. The maximum absolute atomic E-state index is 13.0. The molecule has 2 aliphatic heterocycles. The Balaban J connectivity index is 1.47. The maximum atomic E-state index is 13.0. The number of rotatable bonds is 4. The van der Waals surface area contributed by atoms with Crippen LogP contribution < -0.4 is 10.6 Å². The van der Waals surface area contributed by atoms with Crippen LogP contribution in [0.2, 0.25) is 0 Å². The lowest BCUT2D eigenvalue weighted by Crippen LogP contribution is -2.35. The lowest BCUT2D eigenvalue weighted by molar-refractivity contribution is -0.127. The summed E-state index contributed by atoms with van der Waals surface area (Å²) in [6, 6.07) is 8.42. The van der Waals surface area contributed by atoms with Gasteiger partial charge in [0.2, 0.25) is 11.8 Å². The second kappa shape index (κ2) is 6.79. The molecule has 1 aromatic carbocycles. The summed E-state index contributed by atoms with van der Waals surface area (Å²) in [4.78, 5) is 28.8. The second-order valence-corrected chi connectivity index (χ2v) is 7.75. The summed E-state index contributed by atoms with van der Waals surface area (Å²) in [5.41, 5.74) is 8.32. The van der Waals surface area contributed by atoms with Gasteiger partial charge in [-0.05, 0) is 43.7 Å². The van der Waals surface area contributed by atoms with E-state index < -0.39 is 0 Å². The van der Waals surface area contributed by atoms with Gasteiger partial charge in [0.1, 0.15) is 0 Å². The van der Waals surface area contributed by atoms with E-state index in [2.05, 4.69) is 12.1 Å². The Hall–Kier alpha value is -1.88. The van der Waals surface area contributed by atoms with E-state index in [1.54, 1.807) is 0 Å². The van der Waals surface area contributed by atoms with Crippen molar-refractivity contribution in [2.45, 2.75) is 50.5 Å². The first-order chi connectivity index (χ1) is 12.1. The lowest BCUT2D eigenvalue weighted by atomic mass is 9.98. The quantitative estimate of drug-likeness (QED) is 0.913. The number of carbonyl (C=O) groups excluding carboxylic acids is 2. The number of hydrogen-bond donors (Lipinski definition) is 1. The van der Waals surface area contributed by atoms with Crippen molar-refractivity contribution in [2.24, 2.45) is 11.7 Å². The summed E-state index contributed by atoms with van der Waals surface area (Å²) >= 11 is 0. The average molecular weight is 341 g/mol. The van der Waals surface area contributed by atoms with E-state index in [0.29, 0.717) is 12.3 Å². The molecule has 1 saturated heterocycles. The van der Waals surface area contributed by atoms with Crippen LogP contribution >= 0.6 is 0 Å². The Morgan fingerprint density at radius 2 is 2.08 bits per heavy atom. The van der Waals surface area contributed by atoms with Crippen LogP contribution in [0.25, 0.3) is 0 Å². The molecule has 134 valence electrons. The molecule has 2 fully saturated rings. The van der Waals surface area contributed by atoms with Crippen molar-refractivity contribution in [3.05, 3.63) is 29.8 Å². The van der Waals surface area contributed by atoms with E-state index in [-0.39, 0.29) is 23.8 Å². The van der Waals surface area contributed by atoms with Crippen molar-refractivity contribution in [1.82, 2.24) is 4.90 Å². The Morgan fingerprint density at radius 1 is 1.24 bits per heavy atom. The largest absolute Gasteiger partial charge is 0.343 e. The molecule has 0 aromatic heterocycles. The molecule has 1 saturated carbocycles. The van der Waals surface area contributed by atoms with Crippen LogP contribution in [0, 0.1) is 5.92 Å². The number of hydrogen-bond acceptors (Lipinski definition) is 3. The number of carbonyl (C=O) groups is 2. The maximum Gasteiger partial charge on any atom is 0.230 e. The zero-order valence-electron chi connectivity index (χ0n) is 14.7. The van der Waals surface area contributed by atoms with Crippen LogP contribution in [0.1, 0.15) is 50.0 Å². The number of fused-ring (bicyclic) bond motifs is 1. The molecule has 5 nitrogen and oxygen atoms in total. The smallest absolute Gasteiger partial charge is 0.230 e. The molecule has 4 rings (SSSR count). The SMILES string of the molecule is N[C@@H]1CC[C@@H](C(=O)N2C[C@@H](CCN3CCCC3=O)c3ccccc32)C1. The van der Waals surface area contributed by atoms with Gasteiger partial charge in [-0.25, -0.2) is 0 Å². The predicted molar refractivity (Wildman–Crippen MR) is 97.3 cm³/mol. The predicted octanol–water partition coefficient (Wildman–Crippen LogP) is 2.26. The first kappa shape index (κ1) is 16.6. The highest BCUT2D eigenvalue weighted by Gasteiger charge is 2.37. The number of likely N-dealkylation sites (tertiary alicyclic amines) is 1. The van der Waals surface area contributed by atoms with Crippen molar-refractivity contribution >= 4 is 17.5 Å². The standard InChI is InChI=1S/C20H27N3O2/c21-16-8-7-14(12-16)20(25)23-13-15(17-4-1-2-5-18(17)23)9-11-22-10-3-6-19(22)24/h1-2,4-5,14-16H,3,6-13,21H2/t14-,15-,16-/m1/s1. The van der Waals surface area contributed by atoms with Crippen molar-refractivity contribution < 1.29 is 9.59 Å². The first-order valence-corrected chi connectivity index (χ1v) is 9.57. The van der Waals surface area contributed by atoms with Gasteiger partial charge in [0.15, 0.2) is 0 Å². The van der Waals surface area contributed by atoms with Crippen LogP contribution in [0.3, 0.4) is 0 Å². The van der Waals surface area contributed by atoms with E-state index in [9.17, 15) is 9.59 Å².